The number of halogens is 1. The van der Waals surface area contributed by atoms with Gasteiger partial charge in [0.15, 0.2) is 0 Å². The fraction of sp³-hybridized carbons (Fsp3) is 0.231. The van der Waals surface area contributed by atoms with Crippen LogP contribution in [0.3, 0.4) is 0 Å². The highest BCUT2D eigenvalue weighted by molar-refractivity contribution is 7.12. The van der Waals surface area contributed by atoms with E-state index in [1.165, 1.54) is 28.2 Å². The van der Waals surface area contributed by atoms with Gasteiger partial charge in [0.2, 0.25) is 0 Å². The average Bonchev–Trinajstić information content (AvgIpc) is 3.02. The summed E-state index contributed by atoms with van der Waals surface area (Å²) >= 11 is 7.09. The molecule has 2 aromatic heterocycles. The van der Waals surface area contributed by atoms with Gasteiger partial charge >= 0.3 is 5.97 Å². The van der Waals surface area contributed by atoms with Crippen molar-refractivity contribution in [3.05, 3.63) is 39.3 Å². The molecule has 0 spiro atoms. The number of aromatic nitrogens is 1. The number of aliphatic hydroxyl groups is 1. The number of aryl methyl sites for hydroxylation is 1. The highest BCUT2D eigenvalue weighted by atomic mass is 35.5. The number of rotatable bonds is 6. The van der Waals surface area contributed by atoms with Crippen LogP contribution in [0.25, 0.3) is 0 Å². The van der Waals surface area contributed by atoms with Gasteiger partial charge in [-0.3, -0.25) is 4.79 Å². The van der Waals surface area contributed by atoms with Crippen molar-refractivity contribution in [1.82, 2.24) is 4.57 Å². The number of nitrogens with one attached hydrogen (secondary N) is 1. The Bertz CT molecular complexity index is 665. The molecule has 0 aromatic carbocycles. The van der Waals surface area contributed by atoms with Crippen LogP contribution in [0.5, 0.6) is 0 Å². The second kappa shape index (κ2) is 6.75. The second-order valence-corrected chi connectivity index (χ2v) is 5.56. The number of aliphatic hydroxyl groups excluding tert-OH is 1. The van der Waals surface area contributed by atoms with E-state index >= 15 is 0 Å². The van der Waals surface area contributed by atoms with Crippen molar-refractivity contribution in [3.63, 3.8) is 0 Å². The highest BCUT2D eigenvalue weighted by Gasteiger charge is 2.16. The molecule has 0 aliphatic rings. The van der Waals surface area contributed by atoms with Crippen molar-refractivity contribution in [1.29, 1.82) is 0 Å². The quantitative estimate of drug-likeness (QED) is 0.760. The summed E-state index contributed by atoms with van der Waals surface area (Å²) < 4.78 is 1.48. The van der Waals surface area contributed by atoms with E-state index in [4.69, 9.17) is 21.8 Å². The summed E-state index contributed by atoms with van der Waals surface area (Å²) in [6.07, 6.45) is 1.96. The zero-order valence-electron chi connectivity index (χ0n) is 10.9. The van der Waals surface area contributed by atoms with Crippen LogP contribution in [0.1, 0.15) is 26.6 Å². The summed E-state index contributed by atoms with van der Waals surface area (Å²) in [5.74, 6) is -1.48. The maximum absolute atomic E-state index is 12.0. The van der Waals surface area contributed by atoms with E-state index in [0.717, 1.165) is 0 Å². The van der Waals surface area contributed by atoms with Gasteiger partial charge in [0.25, 0.3) is 5.91 Å². The predicted molar refractivity (Wildman–Crippen MR) is 80.4 cm³/mol. The van der Waals surface area contributed by atoms with Crippen molar-refractivity contribution >= 4 is 40.5 Å². The maximum atomic E-state index is 12.0. The molecule has 21 heavy (non-hydrogen) atoms. The molecule has 0 aliphatic carbocycles. The van der Waals surface area contributed by atoms with E-state index in [9.17, 15) is 9.59 Å². The molecule has 0 fully saturated rings. The minimum absolute atomic E-state index is 0.0380. The van der Waals surface area contributed by atoms with Crippen molar-refractivity contribution in [2.24, 2.45) is 0 Å². The summed E-state index contributed by atoms with van der Waals surface area (Å²) in [6, 6.07) is 3.00. The lowest BCUT2D eigenvalue weighted by Crippen LogP contribution is -2.10. The highest BCUT2D eigenvalue weighted by Crippen LogP contribution is 2.24. The first-order valence-corrected chi connectivity index (χ1v) is 7.37. The smallest absolute Gasteiger partial charge is 0.352 e. The Morgan fingerprint density at radius 3 is 2.76 bits per heavy atom. The van der Waals surface area contributed by atoms with Gasteiger partial charge in [-0.25, -0.2) is 4.79 Å². The molecule has 0 unspecified atom stereocenters. The molecule has 112 valence electrons. The van der Waals surface area contributed by atoms with Crippen LogP contribution in [0, 0.1) is 0 Å². The Kier molecular flexibility index (Phi) is 5.00. The molecule has 8 heteroatoms. The fourth-order valence-corrected chi connectivity index (χ4v) is 2.86. The zero-order chi connectivity index (χ0) is 15.4. The van der Waals surface area contributed by atoms with Crippen LogP contribution in [0.4, 0.5) is 5.69 Å². The Morgan fingerprint density at radius 1 is 1.43 bits per heavy atom. The van der Waals surface area contributed by atoms with Gasteiger partial charge < -0.3 is 20.1 Å². The molecular formula is C13H13ClN2O4S. The summed E-state index contributed by atoms with van der Waals surface area (Å²) in [4.78, 5) is 23.5. The molecule has 0 saturated heterocycles. The largest absolute Gasteiger partial charge is 0.477 e. The van der Waals surface area contributed by atoms with Crippen molar-refractivity contribution in [3.8, 4) is 0 Å². The van der Waals surface area contributed by atoms with E-state index < -0.39 is 5.97 Å². The molecule has 2 heterocycles. The minimum Gasteiger partial charge on any atom is -0.477 e. The number of thiophene rings is 1. The Labute approximate surface area is 129 Å². The van der Waals surface area contributed by atoms with Crippen LogP contribution >= 0.6 is 22.9 Å². The third-order valence-electron chi connectivity index (χ3n) is 2.75. The number of aromatic carboxylic acids is 1. The van der Waals surface area contributed by atoms with Crippen LogP contribution in [0.2, 0.25) is 5.02 Å². The van der Waals surface area contributed by atoms with E-state index in [2.05, 4.69) is 5.32 Å². The molecule has 0 atom stereocenters. The van der Waals surface area contributed by atoms with Gasteiger partial charge in [-0.1, -0.05) is 11.6 Å². The van der Waals surface area contributed by atoms with Gasteiger partial charge in [-0.15, -0.1) is 11.3 Å². The maximum Gasteiger partial charge on any atom is 0.352 e. The third kappa shape index (κ3) is 3.63. The first kappa shape index (κ1) is 15.6. The van der Waals surface area contributed by atoms with Crippen LogP contribution in [-0.4, -0.2) is 33.3 Å². The summed E-state index contributed by atoms with van der Waals surface area (Å²) in [5, 5.41) is 22.6. The zero-order valence-corrected chi connectivity index (χ0v) is 12.4. The molecular weight excluding hydrogens is 316 g/mol. The number of carboxylic acid groups (broad SMARTS) is 1. The number of carboxylic acids is 1. The second-order valence-electron chi connectivity index (χ2n) is 4.24. The average molecular weight is 329 g/mol. The fourth-order valence-electron chi connectivity index (χ4n) is 1.83. The Morgan fingerprint density at radius 2 is 2.19 bits per heavy atom. The number of amides is 1. The molecule has 0 aliphatic heterocycles. The topological polar surface area (TPSA) is 91.6 Å². The van der Waals surface area contributed by atoms with Gasteiger partial charge in [0.1, 0.15) is 10.6 Å². The standard InChI is InChI=1S/C13H13ClN2O4S/c14-9-2-5-21-11(9)12(18)15-8-6-10(13(19)20)16(7-8)3-1-4-17/h2,5-7,17H,1,3-4H2,(H,15,18)(H,19,20). The van der Waals surface area contributed by atoms with E-state index in [0.29, 0.717) is 28.6 Å². The molecule has 2 rings (SSSR count). The summed E-state index contributed by atoms with van der Waals surface area (Å²) in [5.41, 5.74) is 0.427. The molecule has 0 bridgehead atoms. The van der Waals surface area contributed by atoms with Gasteiger partial charge in [-0.2, -0.15) is 0 Å². The first-order chi connectivity index (χ1) is 10.0. The van der Waals surface area contributed by atoms with Crippen LogP contribution in [0.15, 0.2) is 23.7 Å². The summed E-state index contributed by atoms with van der Waals surface area (Å²) in [6.45, 7) is 0.317. The number of nitrogens with zero attached hydrogens (tertiary/aromatic N) is 1. The Balaban J connectivity index is 2.18. The van der Waals surface area contributed by atoms with E-state index in [1.54, 1.807) is 11.4 Å². The lowest BCUT2D eigenvalue weighted by molar-refractivity contribution is 0.0684. The third-order valence-corrected chi connectivity index (χ3v) is 4.09. The molecule has 6 nitrogen and oxygen atoms in total. The molecule has 3 N–H and O–H groups in total. The minimum atomic E-state index is -1.09. The summed E-state index contributed by atoms with van der Waals surface area (Å²) in [7, 11) is 0. The number of anilines is 1. The monoisotopic (exact) mass is 328 g/mol. The van der Waals surface area contributed by atoms with Gasteiger partial charge in [0, 0.05) is 19.3 Å². The van der Waals surface area contributed by atoms with Gasteiger partial charge in [0.05, 0.1) is 10.7 Å². The van der Waals surface area contributed by atoms with E-state index in [-0.39, 0.29) is 18.2 Å². The van der Waals surface area contributed by atoms with Crippen molar-refractivity contribution in [2.75, 3.05) is 11.9 Å². The Hall–Kier alpha value is -1.83. The molecule has 2 aromatic rings. The van der Waals surface area contributed by atoms with Crippen molar-refractivity contribution < 1.29 is 19.8 Å². The number of carbonyl (C=O) groups excluding carboxylic acids is 1. The van der Waals surface area contributed by atoms with Crippen molar-refractivity contribution in [2.45, 2.75) is 13.0 Å². The first-order valence-electron chi connectivity index (χ1n) is 6.11. The van der Waals surface area contributed by atoms with Crippen LogP contribution < -0.4 is 5.32 Å². The van der Waals surface area contributed by atoms with Gasteiger partial charge in [-0.05, 0) is 23.9 Å². The lowest BCUT2D eigenvalue weighted by Gasteiger charge is -2.03. The lowest BCUT2D eigenvalue weighted by atomic mass is 10.3. The number of hydrogen-bond acceptors (Lipinski definition) is 4. The predicted octanol–water partition coefficient (Wildman–Crippen LogP) is 2.54. The number of carbonyl (C=O) groups is 2. The molecule has 0 saturated carbocycles. The normalized spacial score (nSPS) is 10.6. The molecule has 1 amide bonds. The van der Waals surface area contributed by atoms with Crippen LogP contribution in [-0.2, 0) is 6.54 Å². The SMILES string of the molecule is O=C(Nc1cc(C(=O)O)n(CCCO)c1)c1sccc1Cl. The molecule has 0 radical (unpaired) electrons. The van der Waals surface area contributed by atoms with E-state index in [1.807, 2.05) is 0 Å². The number of hydrogen-bond donors (Lipinski definition) is 3.